The first-order valence-electron chi connectivity index (χ1n) is 9.25. The second-order valence-corrected chi connectivity index (χ2v) is 8.61. The highest BCUT2D eigenvalue weighted by Gasteiger charge is 2.35. The first kappa shape index (κ1) is 20.4. The summed E-state index contributed by atoms with van der Waals surface area (Å²) in [4.78, 5) is 13.7. The molecule has 0 bridgehead atoms. The van der Waals surface area contributed by atoms with Crippen molar-refractivity contribution < 1.29 is 18.3 Å². The fourth-order valence-corrected chi connectivity index (χ4v) is 4.60. The molecule has 154 valence electrons. The Kier molecular flexibility index (Phi) is 5.70. The maximum atomic E-state index is 13.5. The molecule has 1 fully saturated rings. The highest BCUT2D eigenvalue weighted by Crippen LogP contribution is 2.39. The number of benzene rings is 1. The lowest BCUT2D eigenvalue weighted by molar-refractivity contribution is -0.0510. The van der Waals surface area contributed by atoms with Crippen LogP contribution in [-0.4, -0.2) is 29.2 Å². The lowest BCUT2D eigenvalue weighted by Gasteiger charge is -2.38. The molecule has 5 nitrogen and oxygen atoms in total. The number of rotatable bonds is 5. The normalized spacial score (nSPS) is 17.4. The Bertz CT molecular complexity index is 989. The van der Waals surface area contributed by atoms with Crippen molar-refractivity contribution in [3.05, 3.63) is 52.3 Å². The minimum Gasteiger partial charge on any atom is -0.377 e. The third kappa shape index (κ3) is 4.07. The number of hydrogen-bond donors (Lipinski definition) is 2. The Hall–Kier alpha value is -1.87. The van der Waals surface area contributed by atoms with Gasteiger partial charge in [0.1, 0.15) is 5.69 Å². The molecule has 0 spiro atoms. The van der Waals surface area contributed by atoms with Gasteiger partial charge in [0.15, 0.2) is 11.6 Å². The summed E-state index contributed by atoms with van der Waals surface area (Å²) in [5, 5.41) is 2.95. The first-order valence-corrected chi connectivity index (χ1v) is 10.4. The van der Waals surface area contributed by atoms with Gasteiger partial charge in [-0.3, -0.25) is 4.79 Å². The number of carbonyl (C=O) groups excluding carboxylic acids is 1. The van der Waals surface area contributed by atoms with Crippen molar-refractivity contribution in [3.8, 4) is 0 Å². The molecule has 3 heterocycles. The van der Waals surface area contributed by atoms with Gasteiger partial charge < -0.3 is 14.6 Å². The SMILES string of the molecule is CC1(NSc2c(Cl)c(C(=O)Nc3ccc(F)c(F)c3)n3c2C=CCCC3)COC1. The summed E-state index contributed by atoms with van der Waals surface area (Å²) in [6.45, 7) is 3.89. The number of allylic oxidation sites excluding steroid dienone is 1. The number of ether oxygens (including phenoxy) is 1. The van der Waals surface area contributed by atoms with E-state index in [1.54, 1.807) is 0 Å². The Morgan fingerprint density at radius 3 is 2.79 bits per heavy atom. The third-order valence-electron chi connectivity index (χ3n) is 4.86. The standard InChI is InChI=1S/C20H20ClF2N3O2S/c1-20(10-28-11-20)25-29-18-15-5-3-2-4-8-26(15)17(16(18)21)19(27)24-12-6-7-13(22)14(23)9-12/h3,5-7,9,25H,2,4,8,10-11H2,1H3,(H,24,27). The number of aromatic nitrogens is 1. The van der Waals surface area contributed by atoms with Crippen LogP contribution >= 0.6 is 23.5 Å². The van der Waals surface area contributed by atoms with E-state index < -0.39 is 17.5 Å². The second-order valence-electron chi connectivity index (χ2n) is 7.41. The summed E-state index contributed by atoms with van der Waals surface area (Å²) in [6, 6.07) is 3.23. The third-order valence-corrected chi connectivity index (χ3v) is 6.55. The molecule has 0 saturated carbocycles. The predicted molar refractivity (Wildman–Crippen MR) is 110 cm³/mol. The molecule has 0 aliphatic carbocycles. The van der Waals surface area contributed by atoms with Gasteiger partial charge in [0, 0.05) is 18.3 Å². The summed E-state index contributed by atoms with van der Waals surface area (Å²) in [7, 11) is 0. The number of nitrogens with one attached hydrogen (secondary N) is 2. The fourth-order valence-electron chi connectivity index (χ4n) is 3.27. The van der Waals surface area contributed by atoms with Gasteiger partial charge in [0.25, 0.3) is 5.91 Å². The lowest BCUT2D eigenvalue weighted by atomic mass is 10.0. The molecule has 9 heteroatoms. The van der Waals surface area contributed by atoms with Crippen molar-refractivity contribution in [2.45, 2.75) is 36.7 Å². The molecule has 1 aromatic heterocycles. The Morgan fingerprint density at radius 1 is 1.31 bits per heavy atom. The van der Waals surface area contributed by atoms with Gasteiger partial charge in [-0.2, -0.15) is 0 Å². The number of fused-ring (bicyclic) bond motifs is 1. The van der Waals surface area contributed by atoms with Crippen LogP contribution in [-0.2, 0) is 11.3 Å². The van der Waals surface area contributed by atoms with E-state index in [-0.39, 0.29) is 11.2 Å². The zero-order chi connectivity index (χ0) is 20.6. The Labute approximate surface area is 176 Å². The van der Waals surface area contributed by atoms with Gasteiger partial charge in [-0.1, -0.05) is 17.7 Å². The molecule has 29 heavy (non-hydrogen) atoms. The molecule has 2 aromatic rings. The highest BCUT2D eigenvalue weighted by atomic mass is 35.5. The van der Waals surface area contributed by atoms with Crippen molar-refractivity contribution in [1.82, 2.24) is 9.29 Å². The number of amides is 1. The number of nitrogens with zero attached hydrogens (tertiary/aromatic N) is 1. The Morgan fingerprint density at radius 2 is 2.10 bits per heavy atom. The second kappa shape index (κ2) is 8.10. The summed E-state index contributed by atoms with van der Waals surface area (Å²) >= 11 is 8.02. The molecular formula is C20H20ClF2N3O2S. The van der Waals surface area contributed by atoms with E-state index in [1.165, 1.54) is 18.0 Å². The molecule has 2 aliphatic heterocycles. The van der Waals surface area contributed by atoms with Gasteiger partial charge in [-0.15, -0.1) is 0 Å². The van der Waals surface area contributed by atoms with Crippen molar-refractivity contribution in [2.75, 3.05) is 18.5 Å². The smallest absolute Gasteiger partial charge is 0.273 e. The maximum absolute atomic E-state index is 13.5. The number of hydrogen-bond acceptors (Lipinski definition) is 4. The highest BCUT2D eigenvalue weighted by molar-refractivity contribution is 7.97. The molecule has 1 saturated heterocycles. The van der Waals surface area contributed by atoms with E-state index >= 15 is 0 Å². The molecule has 2 aliphatic rings. The number of carbonyl (C=O) groups is 1. The predicted octanol–water partition coefficient (Wildman–Crippen LogP) is 4.86. The molecule has 0 radical (unpaired) electrons. The summed E-state index contributed by atoms with van der Waals surface area (Å²) < 4.78 is 37.2. The van der Waals surface area contributed by atoms with E-state index in [4.69, 9.17) is 16.3 Å². The van der Waals surface area contributed by atoms with Crippen LogP contribution < -0.4 is 10.0 Å². The monoisotopic (exact) mass is 439 g/mol. The molecule has 0 atom stereocenters. The molecule has 1 aromatic carbocycles. The van der Waals surface area contributed by atoms with E-state index in [0.29, 0.717) is 30.5 Å². The molecule has 2 N–H and O–H groups in total. The topological polar surface area (TPSA) is 55.3 Å². The lowest BCUT2D eigenvalue weighted by Crippen LogP contribution is -2.55. The van der Waals surface area contributed by atoms with Gasteiger partial charge in [-0.25, -0.2) is 13.5 Å². The minimum atomic E-state index is -1.03. The van der Waals surface area contributed by atoms with Gasteiger partial charge in [0.05, 0.1) is 34.4 Å². The molecular weight excluding hydrogens is 420 g/mol. The van der Waals surface area contributed by atoms with Crippen LogP contribution in [0, 0.1) is 11.6 Å². The average Bonchev–Trinajstić information content (AvgIpc) is 2.80. The van der Waals surface area contributed by atoms with Crippen molar-refractivity contribution in [1.29, 1.82) is 0 Å². The molecule has 0 unspecified atom stereocenters. The van der Waals surface area contributed by atoms with Crippen LogP contribution in [0.5, 0.6) is 0 Å². The van der Waals surface area contributed by atoms with Gasteiger partial charge in [-0.05, 0) is 49.9 Å². The molecule has 4 rings (SSSR count). The number of anilines is 1. The summed E-state index contributed by atoms with van der Waals surface area (Å²) in [5.74, 6) is -2.47. The minimum absolute atomic E-state index is 0.148. The maximum Gasteiger partial charge on any atom is 0.273 e. The zero-order valence-electron chi connectivity index (χ0n) is 15.7. The van der Waals surface area contributed by atoms with E-state index in [9.17, 15) is 13.6 Å². The van der Waals surface area contributed by atoms with E-state index in [0.717, 1.165) is 35.6 Å². The van der Waals surface area contributed by atoms with Crippen LogP contribution in [0.4, 0.5) is 14.5 Å². The zero-order valence-corrected chi connectivity index (χ0v) is 17.3. The molecule has 1 amide bonds. The van der Waals surface area contributed by atoms with Gasteiger partial charge >= 0.3 is 0 Å². The van der Waals surface area contributed by atoms with Crippen molar-refractivity contribution in [3.63, 3.8) is 0 Å². The van der Waals surface area contributed by atoms with E-state index in [1.807, 2.05) is 10.6 Å². The van der Waals surface area contributed by atoms with Crippen LogP contribution in [0.25, 0.3) is 6.08 Å². The van der Waals surface area contributed by atoms with Crippen molar-refractivity contribution in [2.24, 2.45) is 0 Å². The van der Waals surface area contributed by atoms with Crippen LogP contribution in [0.1, 0.15) is 35.9 Å². The van der Waals surface area contributed by atoms with Crippen LogP contribution in [0.3, 0.4) is 0 Å². The van der Waals surface area contributed by atoms with Crippen LogP contribution in [0.15, 0.2) is 29.2 Å². The quantitative estimate of drug-likeness (QED) is 0.653. The van der Waals surface area contributed by atoms with Crippen molar-refractivity contribution >= 4 is 41.2 Å². The number of halogens is 3. The summed E-state index contributed by atoms with van der Waals surface area (Å²) in [6.07, 6.45) is 5.79. The van der Waals surface area contributed by atoms with E-state index in [2.05, 4.69) is 23.0 Å². The van der Waals surface area contributed by atoms with Crippen LogP contribution in [0.2, 0.25) is 5.02 Å². The summed E-state index contributed by atoms with van der Waals surface area (Å²) in [5.41, 5.74) is 1.17. The fraction of sp³-hybridized carbons (Fsp3) is 0.350. The first-order chi connectivity index (χ1) is 13.9. The largest absolute Gasteiger partial charge is 0.377 e. The van der Waals surface area contributed by atoms with Gasteiger partial charge in [0.2, 0.25) is 0 Å². The Balaban J connectivity index is 1.65. The average molecular weight is 440 g/mol.